The Balaban J connectivity index is 2.28. The molecule has 1 amide bonds. The van der Waals surface area contributed by atoms with Gasteiger partial charge in [-0.25, -0.2) is 14.8 Å². The molecule has 7 nitrogen and oxygen atoms in total. The molecule has 1 aliphatic rings. The minimum Gasteiger partial charge on any atom is -0.479 e. The van der Waals surface area contributed by atoms with E-state index in [9.17, 15) is 14.7 Å². The fourth-order valence-corrected chi connectivity index (χ4v) is 3.10. The number of hydrogen-bond acceptors (Lipinski definition) is 5. The summed E-state index contributed by atoms with van der Waals surface area (Å²) in [5.41, 5.74) is -1.27. The normalized spacial score (nSPS) is 25.5. The summed E-state index contributed by atoms with van der Waals surface area (Å²) in [6, 6.07) is 0. The summed E-state index contributed by atoms with van der Waals surface area (Å²) in [5.74, 6) is -0.974. The zero-order chi connectivity index (χ0) is 17.4. The predicted octanol–water partition coefficient (Wildman–Crippen LogP) is 1.48. The molecule has 0 saturated heterocycles. The van der Waals surface area contributed by atoms with Crippen LogP contribution in [0.25, 0.3) is 0 Å². The highest BCUT2D eigenvalue weighted by atomic mass is 16.5. The van der Waals surface area contributed by atoms with Gasteiger partial charge in [0.25, 0.3) is 5.91 Å². The van der Waals surface area contributed by atoms with Crippen LogP contribution in [0.1, 0.15) is 49.1 Å². The molecule has 126 valence electrons. The van der Waals surface area contributed by atoms with E-state index in [4.69, 9.17) is 4.74 Å². The summed E-state index contributed by atoms with van der Waals surface area (Å²) >= 11 is 0. The number of carbonyl (C=O) groups excluding carboxylic acids is 1. The van der Waals surface area contributed by atoms with Crippen LogP contribution >= 0.6 is 0 Å². The Hall–Kier alpha value is -2.02. The molecule has 2 N–H and O–H groups in total. The molecule has 2 atom stereocenters. The van der Waals surface area contributed by atoms with Gasteiger partial charge in [0, 0.05) is 24.6 Å². The molecule has 0 radical (unpaired) electrons. The molecule has 1 saturated carbocycles. The van der Waals surface area contributed by atoms with Crippen LogP contribution in [-0.2, 0) is 9.53 Å². The molecular formula is C16H23N3O4. The lowest BCUT2D eigenvalue weighted by atomic mass is 9.54. The number of hydrogen-bond donors (Lipinski definition) is 2. The molecule has 1 heterocycles. The minimum atomic E-state index is -1.36. The van der Waals surface area contributed by atoms with Gasteiger partial charge in [-0.15, -0.1) is 0 Å². The number of aliphatic carboxylic acids is 1. The number of aromatic nitrogens is 2. The van der Waals surface area contributed by atoms with E-state index in [0.717, 1.165) is 0 Å². The topological polar surface area (TPSA) is 101 Å². The molecular weight excluding hydrogens is 298 g/mol. The molecule has 0 spiro atoms. The van der Waals surface area contributed by atoms with E-state index in [1.54, 1.807) is 27.7 Å². The molecule has 1 aliphatic carbocycles. The Labute approximate surface area is 135 Å². The molecule has 0 aromatic carbocycles. The highest BCUT2D eigenvalue weighted by Gasteiger charge is 2.66. The first-order valence-electron chi connectivity index (χ1n) is 7.63. The van der Waals surface area contributed by atoms with E-state index in [1.807, 2.05) is 6.92 Å². The highest BCUT2D eigenvalue weighted by molar-refractivity contribution is 5.99. The molecule has 0 aliphatic heterocycles. The van der Waals surface area contributed by atoms with Crippen LogP contribution in [-0.4, -0.2) is 45.2 Å². The molecule has 0 bridgehead atoms. The zero-order valence-electron chi connectivity index (χ0n) is 14.1. The smallest absolute Gasteiger partial charge is 0.330 e. The van der Waals surface area contributed by atoms with E-state index in [2.05, 4.69) is 15.3 Å². The predicted molar refractivity (Wildman–Crippen MR) is 83.2 cm³/mol. The molecule has 7 heteroatoms. The summed E-state index contributed by atoms with van der Waals surface area (Å²) in [6.45, 7) is 9.39. The second-order valence-corrected chi connectivity index (χ2v) is 6.45. The SMILES string of the molecule is CCOC1CC(NC(=O)c2cnc(C)nc2C)(C(=O)O)C1(C)C. The summed E-state index contributed by atoms with van der Waals surface area (Å²) in [5, 5.41) is 12.4. The average Bonchev–Trinajstić information content (AvgIpc) is 2.45. The van der Waals surface area contributed by atoms with Gasteiger partial charge in [0.05, 0.1) is 17.4 Å². The highest BCUT2D eigenvalue weighted by Crippen LogP contribution is 2.51. The summed E-state index contributed by atoms with van der Waals surface area (Å²) in [7, 11) is 0. The van der Waals surface area contributed by atoms with Crippen molar-refractivity contribution < 1.29 is 19.4 Å². The summed E-state index contributed by atoms with van der Waals surface area (Å²) in [6.07, 6.45) is 1.45. The Bertz CT molecular complexity index is 644. The number of carboxylic acids is 1. The minimum absolute atomic E-state index is 0.209. The maximum atomic E-state index is 12.5. The number of nitrogens with one attached hydrogen (secondary N) is 1. The number of rotatable bonds is 5. The number of ether oxygens (including phenoxy) is 1. The number of aryl methyl sites for hydroxylation is 2. The standard InChI is InChI=1S/C16H23N3O4/c1-6-23-12-7-16(14(21)22,15(12,4)5)19-13(20)11-8-17-10(3)18-9(11)2/h8,12H,6-7H2,1-5H3,(H,19,20)(H,21,22). The molecule has 1 aromatic rings. The van der Waals surface area contributed by atoms with Crippen LogP contribution in [0.2, 0.25) is 0 Å². The fourth-order valence-electron chi connectivity index (χ4n) is 3.10. The molecule has 2 rings (SSSR count). The first-order chi connectivity index (χ1) is 10.7. The van der Waals surface area contributed by atoms with Gasteiger partial charge in [0.2, 0.25) is 0 Å². The Morgan fingerprint density at radius 2 is 2.09 bits per heavy atom. The number of nitrogens with zero attached hydrogens (tertiary/aromatic N) is 2. The van der Waals surface area contributed by atoms with Crippen LogP contribution in [0.5, 0.6) is 0 Å². The maximum absolute atomic E-state index is 12.5. The van der Waals surface area contributed by atoms with Gasteiger partial charge in [-0.3, -0.25) is 4.79 Å². The summed E-state index contributed by atoms with van der Waals surface area (Å²) < 4.78 is 5.59. The van der Waals surface area contributed by atoms with Gasteiger partial charge in [-0.1, -0.05) is 13.8 Å². The maximum Gasteiger partial charge on any atom is 0.330 e. The van der Waals surface area contributed by atoms with Crippen LogP contribution in [0.3, 0.4) is 0 Å². The summed E-state index contributed by atoms with van der Waals surface area (Å²) in [4.78, 5) is 32.6. The van der Waals surface area contributed by atoms with Gasteiger partial charge >= 0.3 is 5.97 Å². The van der Waals surface area contributed by atoms with Crippen molar-refractivity contribution >= 4 is 11.9 Å². The van der Waals surface area contributed by atoms with Crippen LogP contribution in [0.4, 0.5) is 0 Å². The van der Waals surface area contributed by atoms with Crippen molar-refractivity contribution in [2.24, 2.45) is 5.41 Å². The third kappa shape index (κ3) is 2.69. The Morgan fingerprint density at radius 1 is 1.43 bits per heavy atom. The zero-order valence-corrected chi connectivity index (χ0v) is 14.1. The largest absolute Gasteiger partial charge is 0.479 e. The second-order valence-electron chi connectivity index (χ2n) is 6.45. The number of carbonyl (C=O) groups is 2. The third-order valence-electron chi connectivity index (χ3n) is 4.80. The first kappa shape index (κ1) is 17.3. The van der Waals surface area contributed by atoms with Crippen LogP contribution in [0, 0.1) is 19.3 Å². The number of amides is 1. The monoisotopic (exact) mass is 321 g/mol. The Kier molecular flexibility index (Phi) is 4.43. The van der Waals surface area contributed by atoms with E-state index < -0.39 is 22.8 Å². The van der Waals surface area contributed by atoms with Crippen molar-refractivity contribution in [3.63, 3.8) is 0 Å². The van der Waals surface area contributed by atoms with Crippen molar-refractivity contribution in [2.75, 3.05) is 6.61 Å². The second kappa shape index (κ2) is 5.88. The lowest BCUT2D eigenvalue weighted by Crippen LogP contribution is -2.76. The molecule has 1 aromatic heterocycles. The van der Waals surface area contributed by atoms with Crippen LogP contribution < -0.4 is 5.32 Å². The van der Waals surface area contributed by atoms with Gasteiger partial charge in [-0.05, 0) is 20.8 Å². The number of carboxylic acid groups (broad SMARTS) is 1. The first-order valence-corrected chi connectivity index (χ1v) is 7.63. The van der Waals surface area contributed by atoms with Gasteiger partial charge in [0.1, 0.15) is 11.4 Å². The molecule has 2 unspecified atom stereocenters. The Morgan fingerprint density at radius 3 is 2.57 bits per heavy atom. The third-order valence-corrected chi connectivity index (χ3v) is 4.80. The van der Waals surface area contributed by atoms with Crippen molar-refractivity contribution in [1.82, 2.24) is 15.3 Å². The van der Waals surface area contributed by atoms with Crippen molar-refractivity contribution in [2.45, 2.75) is 52.7 Å². The average molecular weight is 321 g/mol. The van der Waals surface area contributed by atoms with E-state index in [0.29, 0.717) is 18.1 Å². The van der Waals surface area contributed by atoms with Crippen molar-refractivity contribution in [3.05, 3.63) is 23.3 Å². The van der Waals surface area contributed by atoms with Crippen LogP contribution in [0.15, 0.2) is 6.20 Å². The van der Waals surface area contributed by atoms with Gasteiger partial charge in [0.15, 0.2) is 0 Å². The van der Waals surface area contributed by atoms with E-state index in [-0.39, 0.29) is 18.1 Å². The van der Waals surface area contributed by atoms with E-state index >= 15 is 0 Å². The van der Waals surface area contributed by atoms with E-state index in [1.165, 1.54) is 6.20 Å². The lowest BCUT2D eigenvalue weighted by Gasteiger charge is -2.58. The van der Waals surface area contributed by atoms with Gasteiger partial charge < -0.3 is 15.2 Å². The van der Waals surface area contributed by atoms with Crippen molar-refractivity contribution in [1.29, 1.82) is 0 Å². The lowest BCUT2D eigenvalue weighted by molar-refractivity contribution is -0.190. The molecule has 23 heavy (non-hydrogen) atoms. The quantitative estimate of drug-likeness (QED) is 0.852. The van der Waals surface area contributed by atoms with Crippen molar-refractivity contribution in [3.8, 4) is 0 Å². The van der Waals surface area contributed by atoms with Gasteiger partial charge in [-0.2, -0.15) is 0 Å². The fraction of sp³-hybridized carbons (Fsp3) is 0.625. The molecule has 1 fully saturated rings.